The first-order valence-corrected chi connectivity index (χ1v) is 10.8. The van der Waals surface area contributed by atoms with Crippen molar-refractivity contribution in [2.24, 2.45) is 0 Å². The van der Waals surface area contributed by atoms with Crippen molar-refractivity contribution in [1.29, 1.82) is 0 Å². The second-order valence-corrected chi connectivity index (χ2v) is 8.13. The van der Waals surface area contributed by atoms with Gasteiger partial charge in [-0.25, -0.2) is 9.37 Å². The van der Waals surface area contributed by atoms with Gasteiger partial charge in [0.15, 0.2) is 5.82 Å². The van der Waals surface area contributed by atoms with Crippen LogP contribution in [0.1, 0.15) is 21.6 Å². The second-order valence-electron chi connectivity index (χ2n) is 7.29. The Morgan fingerprint density at radius 1 is 1.03 bits per heavy atom. The second kappa shape index (κ2) is 9.97. The number of pyridine rings is 1. The van der Waals surface area contributed by atoms with Gasteiger partial charge in [-0.15, -0.1) is 0 Å². The van der Waals surface area contributed by atoms with Crippen LogP contribution in [0.25, 0.3) is 5.82 Å². The Hall–Kier alpha value is -3.56. The predicted molar refractivity (Wildman–Crippen MR) is 123 cm³/mol. The highest BCUT2D eigenvalue weighted by Crippen LogP contribution is 2.34. The summed E-state index contributed by atoms with van der Waals surface area (Å²) in [7, 11) is 0. The number of aromatic nitrogens is 2. The number of ether oxygens (including phenoxy) is 1. The fourth-order valence-corrected chi connectivity index (χ4v) is 3.68. The van der Waals surface area contributed by atoms with E-state index in [1.54, 1.807) is 30.5 Å². The number of alkyl halides is 3. The van der Waals surface area contributed by atoms with Gasteiger partial charge in [0.2, 0.25) is 0 Å². The molecule has 0 aliphatic heterocycles. The molecule has 2 aromatic heterocycles. The van der Waals surface area contributed by atoms with Crippen molar-refractivity contribution in [2.75, 3.05) is 0 Å². The Bertz CT molecular complexity index is 1370. The third-order valence-corrected chi connectivity index (χ3v) is 5.34. The number of hydrogen-bond acceptors (Lipinski definition) is 3. The molecule has 35 heavy (non-hydrogen) atoms. The Morgan fingerprint density at radius 2 is 1.74 bits per heavy atom. The summed E-state index contributed by atoms with van der Waals surface area (Å²) in [4.78, 5) is 16.9. The molecule has 0 saturated carbocycles. The standard InChI is InChI=1S/C24H15Cl2F4N3O2/c25-15-10-19(26)22(31-13-15)33-9-1-2-21(33)23(34)32-12-14-3-5-16(6-4-14)35-17-7-8-20(27)18(11-17)24(28,29)30/h1-11,13H,12H2,(H,32,34). The molecule has 4 aromatic rings. The van der Waals surface area contributed by atoms with Gasteiger partial charge in [-0.2, -0.15) is 13.2 Å². The van der Waals surface area contributed by atoms with E-state index in [-0.39, 0.29) is 29.0 Å². The molecular weight excluding hydrogens is 509 g/mol. The lowest BCUT2D eigenvalue weighted by molar-refractivity contribution is -0.140. The molecule has 0 bridgehead atoms. The lowest BCUT2D eigenvalue weighted by Gasteiger charge is -2.12. The molecule has 0 fully saturated rings. The van der Waals surface area contributed by atoms with Gasteiger partial charge in [-0.1, -0.05) is 35.3 Å². The first-order chi connectivity index (χ1) is 16.6. The summed E-state index contributed by atoms with van der Waals surface area (Å²) >= 11 is 12.1. The van der Waals surface area contributed by atoms with E-state index in [9.17, 15) is 22.4 Å². The Morgan fingerprint density at radius 3 is 2.43 bits per heavy atom. The van der Waals surface area contributed by atoms with Crippen molar-refractivity contribution in [3.63, 3.8) is 0 Å². The van der Waals surface area contributed by atoms with Gasteiger partial charge in [0.05, 0.1) is 15.6 Å². The van der Waals surface area contributed by atoms with Gasteiger partial charge < -0.3 is 10.1 Å². The van der Waals surface area contributed by atoms with E-state index in [1.165, 1.54) is 29.0 Å². The number of halogens is 6. The molecule has 0 unspecified atom stereocenters. The summed E-state index contributed by atoms with van der Waals surface area (Å²) in [6, 6.07) is 13.5. The number of rotatable bonds is 6. The van der Waals surface area contributed by atoms with Crippen molar-refractivity contribution >= 4 is 29.1 Å². The van der Waals surface area contributed by atoms with Crippen molar-refractivity contribution in [3.8, 4) is 17.3 Å². The molecule has 5 nitrogen and oxygen atoms in total. The molecule has 0 aliphatic rings. The van der Waals surface area contributed by atoms with Gasteiger partial charge in [0.25, 0.3) is 5.91 Å². The number of hydrogen-bond donors (Lipinski definition) is 1. The zero-order chi connectivity index (χ0) is 25.2. The Labute approximate surface area is 206 Å². The summed E-state index contributed by atoms with van der Waals surface area (Å²) in [6.07, 6.45) is -1.77. The molecule has 1 N–H and O–H groups in total. The number of carbonyl (C=O) groups excluding carboxylic acids is 1. The van der Waals surface area contributed by atoms with Gasteiger partial charge in [0, 0.05) is 18.9 Å². The fourth-order valence-electron chi connectivity index (χ4n) is 3.20. The molecule has 0 saturated heterocycles. The average molecular weight is 524 g/mol. The largest absolute Gasteiger partial charge is 0.457 e. The van der Waals surface area contributed by atoms with Gasteiger partial charge >= 0.3 is 6.18 Å². The lowest BCUT2D eigenvalue weighted by atomic mass is 10.2. The maximum absolute atomic E-state index is 13.4. The van der Waals surface area contributed by atoms with Crippen molar-refractivity contribution in [2.45, 2.75) is 12.7 Å². The number of benzene rings is 2. The van der Waals surface area contributed by atoms with Crippen molar-refractivity contribution in [3.05, 3.63) is 106 Å². The fraction of sp³-hybridized carbons (Fsp3) is 0.0833. The number of carbonyl (C=O) groups is 1. The van der Waals surface area contributed by atoms with Crippen LogP contribution in [0, 0.1) is 5.82 Å². The average Bonchev–Trinajstić information content (AvgIpc) is 3.28. The molecule has 0 aliphatic carbocycles. The zero-order valence-corrected chi connectivity index (χ0v) is 19.1. The first kappa shape index (κ1) is 24.6. The van der Waals surface area contributed by atoms with Crippen LogP contribution in [0.4, 0.5) is 17.6 Å². The smallest absolute Gasteiger partial charge is 0.419 e. The summed E-state index contributed by atoms with van der Waals surface area (Å²) in [5.74, 6) is -1.32. The number of amides is 1. The minimum Gasteiger partial charge on any atom is -0.457 e. The summed E-state index contributed by atoms with van der Waals surface area (Å²) in [6.45, 7) is 0.168. The summed E-state index contributed by atoms with van der Waals surface area (Å²) < 4.78 is 59.0. The van der Waals surface area contributed by atoms with Gasteiger partial charge in [0.1, 0.15) is 23.0 Å². The van der Waals surface area contributed by atoms with Crippen molar-refractivity contribution in [1.82, 2.24) is 14.9 Å². The van der Waals surface area contributed by atoms with Crippen LogP contribution in [0.5, 0.6) is 11.5 Å². The maximum atomic E-state index is 13.4. The van der Waals surface area contributed by atoms with Crippen LogP contribution in [0.3, 0.4) is 0 Å². The molecule has 2 aromatic carbocycles. The molecule has 1 amide bonds. The minimum atomic E-state index is -4.83. The molecular formula is C24H15Cl2F4N3O2. The maximum Gasteiger partial charge on any atom is 0.419 e. The van der Waals surface area contributed by atoms with E-state index in [0.717, 1.165) is 6.07 Å². The molecule has 0 atom stereocenters. The van der Waals surface area contributed by atoms with E-state index in [1.807, 2.05) is 0 Å². The highest BCUT2D eigenvalue weighted by atomic mass is 35.5. The van der Waals surface area contributed by atoms with Crippen LogP contribution < -0.4 is 10.1 Å². The monoisotopic (exact) mass is 523 g/mol. The molecule has 180 valence electrons. The molecule has 0 spiro atoms. The lowest BCUT2D eigenvalue weighted by Crippen LogP contribution is -2.25. The van der Waals surface area contributed by atoms with Crippen molar-refractivity contribution < 1.29 is 27.1 Å². The normalized spacial score (nSPS) is 11.4. The molecule has 11 heteroatoms. The summed E-state index contributed by atoms with van der Waals surface area (Å²) in [5, 5.41) is 3.42. The molecule has 2 heterocycles. The molecule has 0 radical (unpaired) electrons. The SMILES string of the molecule is O=C(NCc1ccc(Oc2ccc(F)c(C(F)(F)F)c2)cc1)c1cccn1-c1ncc(Cl)cc1Cl. The number of nitrogens with one attached hydrogen (secondary N) is 1. The van der Waals surface area contributed by atoms with E-state index in [4.69, 9.17) is 27.9 Å². The summed E-state index contributed by atoms with van der Waals surface area (Å²) in [5.41, 5.74) is -0.394. The number of nitrogens with zero attached hydrogens (tertiary/aromatic N) is 2. The van der Waals surface area contributed by atoms with Crippen LogP contribution in [0.15, 0.2) is 73.1 Å². The molecule has 4 rings (SSSR count). The van der Waals surface area contributed by atoms with E-state index < -0.39 is 17.6 Å². The van der Waals surface area contributed by atoms with E-state index in [2.05, 4.69) is 10.3 Å². The van der Waals surface area contributed by atoms with Gasteiger partial charge in [-0.3, -0.25) is 9.36 Å². The first-order valence-electron chi connectivity index (χ1n) is 10.0. The highest BCUT2D eigenvalue weighted by molar-refractivity contribution is 6.35. The third-order valence-electron chi connectivity index (χ3n) is 4.85. The van der Waals surface area contributed by atoms with Crippen LogP contribution in [0.2, 0.25) is 10.0 Å². The third kappa shape index (κ3) is 5.75. The van der Waals surface area contributed by atoms with E-state index >= 15 is 0 Å². The van der Waals surface area contributed by atoms with Crippen LogP contribution in [-0.2, 0) is 12.7 Å². The van der Waals surface area contributed by atoms with Gasteiger partial charge in [-0.05, 0) is 54.1 Å². The van der Waals surface area contributed by atoms with Crippen LogP contribution >= 0.6 is 23.2 Å². The minimum absolute atomic E-state index is 0.157. The Kier molecular flexibility index (Phi) is 7.00. The van der Waals surface area contributed by atoms with E-state index in [0.29, 0.717) is 34.2 Å². The predicted octanol–water partition coefficient (Wildman–Crippen LogP) is 7.06. The topological polar surface area (TPSA) is 56.1 Å². The Balaban J connectivity index is 1.41. The zero-order valence-electron chi connectivity index (χ0n) is 17.6. The highest BCUT2D eigenvalue weighted by Gasteiger charge is 2.34. The van der Waals surface area contributed by atoms with Crippen LogP contribution in [-0.4, -0.2) is 15.5 Å². The quantitative estimate of drug-likeness (QED) is 0.275.